The molecule has 2 heterocycles. The van der Waals surface area contributed by atoms with E-state index in [9.17, 15) is 9.59 Å². The highest BCUT2D eigenvalue weighted by molar-refractivity contribution is 7.99. The van der Waals surface area contributed by atoms with Crippen molar-refractivity contribution < 1.29 is 9.53 Å². The topological polar surface area (TPSA) is 73.2 Å². The SMILES string of the molecule is COCCNC(=O)CC1CSc2nc3c(c(=O)n21)CCC3. The fourth-order valence-corrected chi connectivity index (χ4v) is 4.04. The Balaban J connectivity index is 1.75. The summed E-state index contributed by atoms with van der Waals surface area (Å²) in [6, 6.07) is -0.0848. The van der Waals surface area contributed by atoms with E-state index in [0.717, 1.165) is 41.4 Å². The van der Waals surface area contributed by atoms with Gasteiger partial charge in [0.15, 0.2) is 5.16 Å². The van der Waals surface area contributed by atoms with Crippen molar-refractivity contribution in [3.8, 4) is 0 Å². The number of carbonyl (C=O) groups excluding carboxylic acids is 1. The lowest BCUT2D eigenvalue weighted by Crippen LogP contribution is -2.33. The summed E-state index contributed by atoms with van der Waals surface area (Å²) in [5.41, 5.74) is 1.88. The minimum absolute atomic E-state index is 0.0436. The van der Waals surface area contributed by atoms with Crippen molar-refractivity contribution >= 4 is 17.7 Å². The molecule has 1 unspecified atom stereocenters. The zero-order valence-electron chi connectivity index (χ0n) is 12.1. The van der Waals surface area contributed by atoms with Crippen LogP contribution in [0.1, 0.15) is 30.1 Å². The molecule has 21 heavy (non-hydrogen) atoms. The summed E-state index contributed by atoms with van der Waals surface area (Å²) in [6.07, 6.45) is 3.05. The van der Waals surface area contributed by atoms with Gasteiger partial charge in [0.1, 0.15) is 0 Å². The molecule has 114 valence electrons. The molecule has 0 saturated carbocycles. The standard InChI is InChI=1S/C14H19N3O3S/c1-20-6-5-15-12(18)7-9-8-21-14-16-11-4-2-3-10(11)13(19)17(9)14/h9H,2-8H2,1H3,(H,15,18). The van der Waals surface area contributed by atoms with Crippen LogP contribution < -0.4 is 10.9 Å². The van der Waals surface area contributed by atoms with Crippen molar-refractivity contribution in [2.45, 2.75) is 36.9 Å². The smallest absolute Gasteiger partial charge is 0.257 e. The summed E-state index contributed by atoms with van der Waals surface area (Å²) in [7, 11) is 1.60. The Morgan fingerprint density at radius 2 is 2.38 bits per heavy atom. The number of amides is 1. The summed E-state index contributed by atoms with van der Waals surface area (Å²) in [5.74, 6) is 0.695. The molecule has 0 fully saturated rings. The van der Waals surface area contributed by atoms with E-state index in [-0.39, 0.29) is 17.5 Å². The van der Waals surface area contributed by atoms with Crippen LogP contribution in [-0.4, -0.2) is 41.5 Å². The van der Waals surface area contributed by atoms with Crippen LogP contribution in [-0.2, 0) is 22.4 Å². The van der Waals surface area contributed by atoms with Gasteiger partial charge in [-0.2, -0.15) is 0 Å². The van der Waals surface area contributed by atoms with E-state index in [0.29, 0.717) is 19.6 Å². The van der Waals surface area contributed by atoms with Crippen LogP contribution in [0.3, 0.4) is 0 Å². The minimum Gasteiger partial charge on any atom is -0.383 e. The second kappa shape index (κ2) is 6.19. The molecular weight excluding hydrogens is 290 g/mol. The largest absolute Gasteiger partial charge is 0.383 e. The van der Waals surface area contributed by atoms with Crippen LogP contribution in [0.5, 0.6) is 0 Å². The fraction of sp³-hybridized carbons (Fsp3) is 0.643. The Hall–Kier alpha value is -1.34. The maximum absolute atomic E-state index is 12.6. The summed E-state index contributed by atoms with van der Waals surface area (Å²) in [5, 5.41) is 3.58. The average molecular weight is 309 g/mol. The molecule has 1 aliphatic heterocycles. The van der Waals surface area contributed by atoms with Gasteiger partial charge in [-0.1, -0.05) is 11.8 Å². The average Bonchev–Trinajstić information content (AvgIpc) is 3.07. The number of ether oxygens (including phenoxy) is 1. The van der Waals surface area contributed by atoms with Crippen molar-refractivity contribution in [2.24, 2.45) is 0 Å². The quantitative estimate of drug-likeness (QED) is 0.634. The molecule has 0 radical (unpaired) electrons. The highest BCUT2D eigenvalue weighted by atomic mass is 32.2. The number of hydrogen-bond donors (Lipinski definition) is 1. The Bertz CT molecular complexity index is 614. The molecule has 1 aliphatic carbocycles. The van der Waals surface area contributed by atoms with Crippen LogP contribution in [0.4, 0.5) is 0 Å². The summed E-state index contributed by atoms with van der Waals surface area (Å²) < 4.78 is 6.63. The molecule has 0 spiro atoms. The van der Waals surface area contributed by atoms with Crippen molar-refractivity contribution in [1.29, 1.82) is 0 Å². The molecule has 2 aliphatic rings. The third-order valence-electron chi connectivity index (χ3n) is 3.92. The first-order valence-corrected chi connectivity index (χ1v) is 8.22. The van der Waals surface area contributed by atoms with E-state index < -0.39 is 0 Å². The van der Waals surface area contributed by atoms with Gasteiger partial charge in [-0.05, 0) is 19.3 Å². The number of thioether (sulfide) groups is 1. The Labute approximate surface area is 127 Å². The molecule has 0 saturated heterocycles. The summed E-state index contributed by atoms with van der Waals surface area (Å²) >= 11 is 1.57. The highest BCUT2D eigenvalue weighted by Gasteiger charge is 2.30. The molecule has 1 amide bonds. The summed E-state index contributed by atoms with van der Waals surface area (Å²) in [6.45, 7) is 0.996. The number of rotatable bonds is 5. The van der Waals surface area contributed by atoms with E-state index >= 15 is 0 Å². The molecule has 6 nitrogen and oxygen atoms in total. The van der Waals surface area contributed by atoms with E-state index in [1.54, 1.807) is 23.4 Å². The monoisotopic (exact) mass is 309 g/mol. The summed E-state index contributed by atoms with van der Waals surface area (Å²) in [4.78, 5) is 29.1. The van der Waals surface area contributed by atoms with Crippen LogP contribution in [0.15, 0.2) is 9.95 Å². The first-order valence-electron chi connectivity index (χ1n) is 7.23. The van der Waals surface area contributed by atoms with Gasteiger partial charge in [-0.25, -0.2) is 4.98 Å². The number of aromatic nitrogens is 2. The van der Waals surface area contributed by atoms with Gasteiger partial charge < -0.3 is 10.1 Å². The van der Waals surface area contributed by atoms with E-state index in [2.05, 4.69) is 10.3 Å². The number of aryl methyl sites for hydroxylation is 1. The zero-order valence-corrected chi connectivity index (χ0v) is 12.9. The number of nitrogens with zero attached hydrogens (tertiary/aromatic N) is 2. The molecule has 1 aromatic rings. The van der Waals surface area contributed by atoms with Gasteiger partial charge in [0.05, 0.1) is 18.3 Å². The molecule has 0 bridgehead atoms. The Morgan fingerprint density at radius 3 is 3.19 bits per heavy atom. The predicted octanol–water partition coefficient (Wildman–Crippen LogP) is 0.531. The van der Waals surface area contributed by atoms with Crippen molar-refractivity contribution in [3.63, 3.8) is 0 Å². The van der Waals surface area contributed by atoms with E-state index in [1.165, 1.54) is 0 Å². The number of nitrogens with one attached hydrogen (secondary N) is 1. The van der Waals surface area contributed by atoms with Crippen LogP contribution in [0, 0.1) is 0 Å². The minimum atomic E-state index is -0.0848. The van der Waals surface area contributed by atoms with Gasteiger partial charge >= 0.3 is 0 Å². The van der Waals surface area contributed by atoms with Crippen LogP contribution in [0.2, 0.25) is 0 Å². The third-order valence-corrected chi connectivity index (χ3v) is 5.02. The second-order valence-electron chi connectivity index (χ2n) is 5.36. The molecule has 1 aromatic heterocycles. The first kappa shape index (κ1) is 14.6. The van der Waals surface area contributed by atoms with Gasteiger partial charge in [0.25, 0.3) is 5.56 Å². The number of hydrogen-bond acceptors (Lipinski definition) is 5. The second-order valence-corrected chi connectivity index (χ2v) is 6.35. The lowest BCUT2D eigenvalue weighted by Gasteiger charge is -2.14. The zero-order chi connectivity index (χ0) is 14.8. The maximum atomic E-state index is 12.6. The van der Waals surface area contributed by atoms with E-state index in [1.807, 2.05) is 0 Å². The maximum Gasteiger partial charge on any atom is 0.257 e. The van der Waals surface area contributed by atoms with Gasteiger partial charge in [0, 0.05) is 31.4 Å². The molecule has 7 heteroatoms. The lowest BCUT2D eigenvalue weighted by atomic mass is 10.2. The number of fused-ring (bicyclic) bond motifs is 2. The predicted molar refractivity (Wildman–Crippen MR) is 79.8 cm³/mol. The third kappa shape index (κ3) is 2.85. The molecule has 3 rings (SSSR count). The Morgan fingerprint density at radius 1 is 1.52 bits per heavy atom. The normalized spacial score (nSPS) is 19.4. The molecule has 0 aromatic carbocycles. The van der Waals surface area contributed by atoms with E-state index in [4.69, 9.17) is 4.74 Å². The highest BCUT2D eigenvalue weighted by Crippen LogP contribution is 2.33. The number of carbonyl (C=O) groups is 1. The van der Waals surface area contributed by atoms with Crippen molar-refractivity contribution in [2.75, 3.05) is 26.0 Å². The van der Waals surface area contributed by atoms with Crippen molar-refractivity contribution in [3.05, 3.63) is 21.6 Å². The Kier molecular flexibility index (Phi) is 4.30. The van der Waals surface area contributed by atoms with Crippen LogP contribution in [0.25, 0.3) is 0 Å². The lowest BCUT2D eigenvalue weighted by molar-refractivity contribution is -0.121. The van der Waals surface area contributed by atoms with Gasteiger partial charge in [-0.3, -0.25) is 14.2 Å². The first-order chi connectivity index (χ1) is 10.2. The molecule has 1 atom stereocenters. The molecular formula is C14H19N3O3S. The molecule has 1 N–H and O–H groups in total. The van der Waals surface area contributed by atoms with Gasteiger partial charge in [-0.15, -0.1) is 0 Å². The number of methoxy groups -OCH3 is 1. The van der Waals surface area contributed by atoms with Crippen LogP contribution >= 0.6 is 11.8 Å². The van der Waals surface area contributed by atoms with Gasteiger partial charge in [0.2, 0.25) is 5.91 Å². The van der Waals surface area contributed by atoms with Crippen molar-refractivity contribution in [1.82, 2.24) is 14.9 Å². The fourth-order valence-electron chi connectivity index (χ4n) is 2.88.